The third-order valence-electron chi connectivity index (χ3n) is 6.62. The molecule has 29 heavy (non-hydrogen) atoms. The summed E-state index contributed by atoms with van der Waals surface area (Å²) >= 11 is 0. The lowest BCUT2D eigenvalue weighted by molar-refractivity contribution is -0.121. The molecule has 156 valence electrons. The first-order chi connectivity index (χ1) is 14.2. The summed E-state index contributed by atoms with van der Waals surface area (Å²) in [6.07, 6.45) is 9.90. The van der Waals surface area contributed by atoms with Gasteiger partial charge in [-0.25, -0.2) is 0 Å². The van der Waals surface area contributed by atoms with Gasteiger partial charge in [-0.05, 0) is 86.7 Å². The Morgan fingerprint density at radius 3 is 2.38 bits per heavy atom. The lowest BCUT2D eigenvalue weighted by Gasteiger charge is -2.32. The van der Waals surface area contributed by atoms with E-state index in [0.717, 1.165) is 31.3 Å². The minimum absolute atomic E-state index is 0.197. The first-order valence-electron chi connectivity index (χ1n) is 11.3. The topological polar surface area (TPSA) is 37.3 Å². The second-order valence-electron chi connectivity index (χ2n) is 9.10. The van der Waals surface area contributed by atoms with E-state index in [2.05, 4.69) is 64.4 Å². The van der Waals surface area contributed by atoms with Gasteiger partial charge in [-0.2, -0.15) is 0 Å². The smallest absolute Gasteiger partial charge is 0.220 e. The maximum atomic E-state index is 11.9. The first kappa shape index (κ1) is 20.2. The molecule has 1 aromatic carbocycles. The predicted octanol–water partition coefficient (Wildman–Crippen LogP) is 3.94. The van der Waals surface area contributed by atoms with Gasteiger partial charge in [0.15, 0.2) is 0 Å². The zero-order valence-corrected chi connectivity index (χ0v) is 17.8. The molecule has 4 rings (SSSR count). The van der Waals surface area contributed by atoms with Crippen LogP contribution in [0.5, 0.6) is 0 Å². The van der Waals surface area contributed by atoms with Gasteiger partial charge in [0.05, 0.1) is 0 Å². The van der Waals surface area contributed by atoms with Crippen LogP contribution in [0.4, 0.5) is 0 Å². The maximum Gasteiger partial charge on any atom is 0.220 e. The van der Waals surface area contributed by atoms with E-state index in [0.29, 0.717) is 6.42 Å². The van der Waals surface area contributed by atoms with Crippen molar-refractivity contribution in [2.24, 2.45) is 18.9 Å². The zero-order chi connectivity index (χ0) is 20.1. The van der Waals surface area contributed by atoms with E-state index in [1.54, 1.807) is 0 Å². The fourth-order valence-electron chi connectivity index (χ4n) is 4.34. The molecule has 0 spiro atoms. The molecule has 2 aromatic rings. The van der Waals surface area contributed by atoms with Gasteiger partial charge in [0, 0.05) is 38.4 Å². The van der Waals surface area contributed by atoms with Crippen molar-refractivity contribution >= 4 is 5.91 Å². The number of likely N-dealkylation sites (tertiary alicyclic amines) is 1. The third-order valence-corrected chi connectivity index (χ3v) is 6.62. The second-order valence-corrected chi connectivity index (χ2v) is 9.10. The largest absolute Gasteiger partial charge is 0.356 e. The highest BCUT2D eigenvalue weighted by Crippen LogP contribution is 2.27. The fourth-order valence-corrected chi connectivity index (χ4v) is 4.34. The van der Waals surface area contributed by atoms with Crippen molar-refractivity contribution < 1.29 is 4.79 Å². The number of benzene rings is 1. The minimum atomic E-state index is 0.197. The van der Waals surface area contributed by atoms with E-state index in [-0.39, 0.29) is 5.91 Å². The lowest BCUT2D eigenvalue weighted by atomic mass is 9.89. The van der Waals surface area contributed by atoms with Gasteiger partial charge in [0.25, 0.3) is 0 Å². The summed E-state index contributed by atoms with van der Waals surface area (Å²) in [6, 6.07) is 13.3. The summed E-state index contributed by atoms with van der Waals surface area (Å²) in [5.74, 6) is 1.74. The molecule has 1 N–H and O–H groups in total. The number of nitrogens with zero attached hydrogens (tertiary/aromatic N) is 2. The molecule has 0 atom stereocenters. The summed E-state index contributed by atoms with van der Waals surface area (Å²) in [4.78, 5) is 14.5. The molecule has 4 heteroatoms. The van der Waals surface area contributed by atoms with Crippen molar-refractivity contribution in [2.75, 3.05) is 19.6 Å². The van der Waals surface area contributed by atoms with Crippen LogP contribution in [0.25, 0.3) is 0 Å². The van der Waals surface area contributed by atoms with Crippen molar-refractivity contribution in [1.29, 1.82) is 0 Å². The molecule has 4 nitrogen and oxygen atoms in total. The van der Waals surface area contributed by atoms with Gasteiger partial charge >= 0.3 is 0 Å². The molecule has 1 saturated heterocycles. The minimum Gasteiger partial charge on any atom is -0.356 e. The van der Waals surface area contributed by atoms with Crippen LogP contribution < -0.4 is 5.32 Å². The van der Waals surface area contributed by atoms with Gasteiger partial charge < -0.3 is 9.88 Å². The quantitative estimate of drug-likeness (QED) is 0.701. The van der Waals surface area contributed by atoms with Crippen LogP contribution in [-0.2, 0) is 31.2 Å². The van der Waals surface area contributed by atoms with Crippen molar-refractivity contribution in [3.63, 3.8) is 0 Å². The summed E-state index contributed by atoms with van der Waals surface area (Å²) < 4.78 is 2.23. The number of aryl methyl sites for hydroxylation is 2. The number of aromatic nitrogens is 1. The fraction of sp³-hybridized carbons (Fsp3) is 0.560. The van der Waals surface area contributed by atoms with Crippen LogP contribution in [0.2, 0.25) is 0 Å². The Labute approximate surface area is 175 Å². The van der Waals surface area contributed by atoms with E-state index in [4.69, 9.17) is 0 Å². The average Bonchev–Trinajstić information content (AvgIpc) is 3.49. The highest BCUT2D eigenvalue weighted by molar-refractivity contribution is 5.76. The van der Waals surface area contributed by atoms with Crippen molar-refractivity contribution in [3.8, 4) is 0 Å². The number of hydrogen-bond acceptors (Lipinski definition) is 2. The van der Waals surface area contributed by atoms with Crippen LogP contribution in [0.3, 0.4) is 0 Å². The Balaban J connectivity index is 1.16. The molecular weight excluding hydrogens is 358 g/mol. The molecule has 0 radical (unpaired) electrons. The summed E-state index contributed by atoms with van der Waals surface area (Å²) in [5.41, 5.74) is 4.11. The van der Waals surface area contributed by atoms with Gasteiger partial charge in [-0.1, -0.05) is 24.3 Å². The lowest BCUT2D eigenvalue weighted by Crippen LogP contribution is -2.34. The number of nitrogens with one attached hydrogen (secondary N) is 1. The van der Waals surface area contributed by atoms with Crippen LogP contribution >= 0.6 is 0 Å². The number of rotatable bonds is 9. The molecule has 1 aromatic heterocycles. The SMILES string of the molecule is Cn1cccc1CN1CCC(Cc2ccc(CCC(=O)NCC3CC3)cc2)CC1. The van der Waals surface area contributed by atoms with Crippen molar-refractivity contribution in [1.82, 2.24) is 14.8 Å². The molecular formula is C25H35N3O. The highest BCUT2D eigenvalue weighted by Gasteiger charge is 2.22. The summed E-state index contributed by atoms with van der Waals surface area (Å²) in [7, 11) is 2.13. The zero-order valence-electron chi connectivity index (χ0n) is 17.8. The van der Waals surface area contributed by atoms with Gasteiger partial charge in [-0.15, -0.1) is 0 Å². The number of carbonyl (C=O) groups excluding carboxylic acids is 1. The van der Waals surface area contributed by atoms with Gasteiger partial charge in [-0.3, -0.25) is 9.69 Å². The molecule has 1 amide bonds. The number of piperidine rings is 1. The predicted molar refractivity (Wildman–Crippen MR) is 118 cm³/mol. The summed E-state index contributed by atoms with van der Waals surface area (Å²) in [6.45, 7) is 4.34. The van der Waals surface area contributed by atoms with E-state index in [9.17, 15) is 4.79 Å². The standard InChI is InChI=1S/C25H35N3O/c1-27-14-2-3-24(27)19-28-15-12-22(13-16-28)17-21-6-4-20(5-7-21)10-11-25(29)26-18-23-8-9-23/h2-7,14,22-23H,8-13,15-19H2,1H3,(H,26,29). The number of carbonyl (C=O) groups is 1. The third kappa shape index (κ3) is 6.20. The molecule has 1 saturated carbocycles. The summed E-state index contributed by atoms with van der Waals surface area (Å²) in [5, 5.41) is 3.06. The Morgan fingerprint density at radius 1 is 1.00 bits per heavy atom. The van der Waals surface area contributed by atoms with E-state index in [1.165, 1.54) is 62.0 Å². The van der Waals surface area contributed by atoms with Crippen molar-refractivity contribution in [3.05, 3.63) is 59.4 Å². The molecule has 1 aliphatic carbocycles. The number of hydrogen-bond donors (Lipinski definition) is 1. The molecule has 2 heterocycles. The number of amides is 1. The Bertz CT molecular complexity index is 783. The monoisotopic (exact) mass is 393 g/mol. The van der Waals surface area contributed by atoms with E-state index in [1.807, 2.05) is 0 Å². The normalized spacial score (nSPS) is 18.1. The van der Waals surface area contributed by atoms with Crippen LogP contribution in [-0.4, -0.2) is 35.0 Å². The molecule has 0 bridgehead atoms. The molecule has 0 unspecified atom stereocenters. The Kier molecular flexibility index (Phi) is 6.70. The molecule has 1 aliphatic heterocycles. The van der Waals surface area contributed by atoms with E-state index >= 15 is 0 Å². The van der Waals surface area contributed by atoms with Crippen LogP contribution in [0.15, 0.2) is 42.6 Å². The van der Waals surface area contributed by atoms with Crippen molar-refractivity contribution in [2.45, 2.75) is 51.5 Å². The molecule has 2 aliphatic rings. The maximum absolute atomic E-state index is 11.9. The highest BCUT2D eigenvalue weighted by atomic mass is 16.1. The van der Waals surface area contributed by atoms with Crippen LogP contribution in [0.1, 0.15) is 48.9 Å². The first-order valence-corrected chi connectivity index (χ1v) is 11.3. The average molecular weight is 394 g/mol. The second kappa shape index (κ2) is 9.62. The van der Waals surface area contributed by atoms with Gasteiger partial charge in [0.1, 0.15) is 0 Å². The van der Waals surface area contributed by atoms with Gasteiger partial charge in [0.2, 0.25) is 5.91 Å². The molecule has 2 fully saturated rings. The Hall–Kier alpha value is -2.07. The van der Waals surface area contributed by atoms with E-state index < -0.39 is 0 Å². The Morgan fingerprint density at radius 2 is 1.72 bits per heavy atom. The van der Waals surface area contributed by atoms with Crippen LogP contribution in [0, 0.1) is 11.8 Å².